The summed E-state index contributed by atoms with van der Waals surface area (Å²) in [5.74, 6) is -0.933. The molecule has 1 aliphatic carbocycles. The summed E-state index contributed by atoms with van der Waals surface area (Å²) in [5, 5.41) is 14.1. The number of halogens is 2. The third-order valence-corrected chi connectivity index (χ3v) is 3.44. The molecule has 1 saturated carbocycles. The van der Waals surface area contributed by atoms with Crippen LogP contribution in [0.25, 0.3) is 0 Å². The van der Waals surface area contributed by atoms with Crippen molar-refractivity contribution in [2.24, 2.45) is 16.3 Å². The summed E-state index contributed by atoms with van der Waals surface area (Å²) in [5.41, 5.74) is 4.70. The van der Waals surface area contributed by atoms with Gasteiger partial charge in [-0.3, -0.25) is 4.79 Å². The summed E-state index contributed by atoms with van der Waals surface area (Å²) in [4.78, 5) is 12.1. The largest absolute Gasteiger partial charge is 0.586 e. The number of alkyl halides is 2. The topological polar surface area (TPSA) is 106 Å². The number of hydrogen-bond donors (Lipinski definition) is 3. The molecular weight excluding hydrogens is 288 g/mol. The maximum absolute atomic E-state index is 12.9. The molecule has 21 heavy (non-hydrogen) atoms. The molecular formula is C12H11F2N3O4. The first-order chi connectivity index (χ1) is 9.86. The highest BCUT2D eigenvalue weighted by atomic mass is 19.3. The highest BCUT2D eigenvalue weighted by Crippen LogP contribution is 2.47. The molecule has 1 fully saturated rings. The van der Waals surface area contributed by atoms with Gasteiger partial charge in [-0.25, -0.2) is 0 Å². The SMILES string of the molecule is N/C(=N/O)C1(C(=O)Nc2ccc3c(c2)OC(F)(F)O3)CC1. The molecule has 0 radical (unpaired) electrons. The number of amides is 1. The van der Waals surface area contributed by atoms with Gasteiger partial charge >= 0.3 is 6.29 Å². The van der Waals surface area contributed by atoms with Crippen LogP contribution in [0.15, 0.2) is 23.4 Å². The molecule has 1 aromatic rings. The Morgan fingerprint density at radius 2 is 2.00 bits per heavy atom. The number of hydrogen-bond acceptors (Lipinski definition) is 5. The van der Waals surface area contributed by atoms with E-state index in [-0.39, 0.29) is 23.0 Å². The minimum Gasteiger partial charge on any atom is -0.409 e. The minimum absolute atomic E-state index is 0.115. The molecule has 0 bridgehead atoms. The lowest BCUT2D eigenvalue weighted by Gasteiger charge is -2.13. The fourth-order valence-electron chi connectivity index (χ4n) is 2.10. The number of nitrogens with one attached hydrogen (secondary N) is 1. The molecule has 9 heteroatoms. The van der Waals surface area contributed by atoms with Crippen molar-refractivity contribution in [1.29, 1.82) is 0 Å². The number of amidine groups is 1. The number of fused-ring (bicyclic) bond motifs is 1. The van der Waals surface area contributed by atoms with Crippen molar-refractivity contribution in [3.8, 4) is 11.5 Å². The molecule has 3 rings (SSSR count). The third-order valence-electron chi connectivity index (χ3n) is 3.44. The second-order valence-corrected chi connectivity index (χ2v) is 4.85. The van der Waals surface area contributed by atoms with Crippen LogP contribution in [0.2, 0.25) is 0 Å². The van der Waals surface area contributed by atoms with Crippen LogP contribution in [0.1, 0.15) is 12.8 Å². The Morgan fingerprint density at radius 3 is 2.62 bits per heavy atom. The van der Waals surface area contributed by atoms with E-state index in [9.17, 15) is 13.6 Å². The van der Waals surface area contributed by atoms with Gasteiger partial charge in [0.2, 0.25) is 5.91 Å². The Bertz CT molecular complexity index is 643. The normalized spacial score (nSPS) is 21.0. The first-order valence-corrected chi connectivity index (χ1v) is 6.06. The molecule has 0 aromatic heterocycles. The van der Waals surface area contributed by atoms with Crippen molar-refractivity contribution >= 4 is 17.4 Å². The molecule has 4 N–H and O–H groups in total. The van der Waals surface area contributed by atoms with E-state index < -0.39 is 17.6 Å². The van der Waals surface area contributed by atoms with Gasteiger partial charge in [0.15, 0.2) is 17.3 Å². The van der Waals surface area contributed by atoms with E-state index in [2.05, 4.69) is 19.9 Å². The maximum Gasteiger partial charge on any atom is 0.586 e. The van der Waals surface area contributed by atoms with Crippen LogP contribution < -0.4 is 20.5 Å². The second-order valence-electron chi connectivity index (χ2n) is 4.85. The van der Waals surface area contributed by atoms with Crippen molar-refractivity contribution in [2.75, 3.05) is 5.32 Å². The molecule has 0 saturated heterocycles. The fourth-order valence-corrected chi connectivity index (χ4v) is 2.10. The van der Waals surface area contributed by atoms with Crippen LogP contribution in [-0.2, 0) is 4.79 Å². The molecule has 1 aromatic carbocycles. The average Bonchev–Trinajstić information content (AvgIpc) is 3.16. The van der Waals surface area contributed by atoms with E-state index in [1.807, 2.05) is 0 Å². The quantitative estimate of drug-likeness (QED) is 0.339. The summed E-state index contributed by atoms with van der Waals surface area (Å²) in [6.45, 7) is 0. The highest BCUT2D eigenvalue weighted by Gasteiger charge is 2.54. The fraction of sp³-hybridized carbons (Fsp3) is 0.333. The Labute approximate surface area is 117 Å². The standard InChI is InChI=1S/C12H11F2N3O4/c13-12(14)20-7-2-1-6(5-8(7)21-12)16-10(18)11(3-4-11)9(15)17-19/h1-2,5,19H,3-4H2,(H2,15,17)(H,16,18). The number of oxime groups is 1. The van der Waals surface area contributed by atoms with E-state index in [1.165, 1.54) is 18.2 Å². The zero-order chi connectivity index (χ0) is 15.3. The summed E-state index contributed by atoms with van der Waals surface area (Å²) in [6.07, 6.45) is -2.80. The predicted octanol–water partition coefficient (Wildman–Crippen LogP) is 1.47. The molecule has 0 unspecified atom stereocenters. The van der Waals surface area contributed by atoms with E-state index >= 15 is 0 Å². The Morgan fingerprint density at radius 1 is 1.33 bits per heavy atom. The van der Waals surface area contributed by atoms with E-state index in [0.29, 0.717) is 12.8 Å². The van der Waals surface area contributed by atoms with Crippen LogP contribution >= 0.6 is 0 Å². The molecule has 7 nitrogen and oxygen atoms in total. The van der Waals surface area contributed by atoms with Crippen molar-refractivity contribution in [3.05, 3.63) is 18.2 Å². The van der Waals surface area contributed by atoms with Crippen molar-refractivity contribution in [3.63, 3.8) is 0 Å². The summed E-state index contributed by atoms with van der Waals surface area (Å²) in [7, 11) is 0. The zero-order valence-corrected chi connectivity index (χ0v) is 10.6. The van der Waals surface area contributed by atoms with Crippen LogP contribution in [0.4, 0.5) is 14.5 Å². The summed E-state index contributed by atoms with van der Waals surface area (Å²) < 4.78 is 34.3. The van der Waals surface area contributed by atoms with Gasteiger partial charge in [-0.05, 0) is 25.0 Å². The van der Waals surface area contributed by atoms with Crippen molar-refractivity contribution < 1.29 is 28.3 Å². The van der Waals surface area contributed by atoms with Gasteiger partial charge in [-0.2, -0.15) is 0 Å². The first kappa shape index (κ1) is 13.4. The monoisotopic (exact) mass is 299 g/mol. The van der Waals surface area contributed by atoms with Crippen LogP contribution in [0.5, 0.6) is 11.5 Å². The number of ether oxygens (including phenoxy) is 2. The van der Waals surface area contributed by atoms with Crippen LogP contribution in [-0.4, -0.2) is 23.2 Å². The number of carbonyl (C=O) groups is 1. The predicted molar refractivity (Wildman–Crippen MR) is 66.4 cm³/mol. The molecule has 1 heterocycles. The number of carbonyl (C=O) groups excluding carboxylic acids is 1. The Balaban J connectivity index is 1.77. The smallest absolute Gasteiger partial charge is 0.409 e. The lowest BCUT2D eigenvalue weighted by atomic mass is 10.1. The van der Waals surface area contributed by atoms with Crippen LogP contribution in [0, 0.1) is 5.41 Å². The van der Waals surface area contributed by atoms with Gasteiger partial charge in [-0.15, -0.1) is 8.78 Å². The van der Waals surface area contributed by atoms with Crippen molar-refractivity contribution in [1.82, 2.24) is 0 Å². The number of benzene rings is 1. The lowest BCUT2D eigenvalue weighted by Crippen LogP contribution is -2.36. The lowest BCUT2D eigenvalue weighted by molar-refractivity contribution is -0.286. The van der Waals surface area contributed by atoms with Gasteiger partial charge in [0.1, 0.15) is 5.41 Å². The van der Waals surface area contributed by atoms with Gasteiger partial charge in [0.05, 0.1) is 0 Å². The highest BCUT2D eigenvalue weighted by molar-refractivity contribution is 6.14. The zero-order valence-electron chi connectivity index (χ0n) is 10.6. The molecule has 112 valence electrons. The number of rotatable bonds is 3. The van der Waals surface area contributed by atoms with Crippen molar-refractivity contribution in [2.45, 2.75) is 19.1 Å². The first-order valence-electron chi connectivity index (χ1n) is 6.06. The minimum atomic E-state index is -3.71. The van der Waals surface area contributed by atoms with E-state index in [0.717, 1.165) is 0 Å². The summed E-state index contributed by atoms with van der Waals surface area (Å²) in [6, 6.07) is 3.87. The second kappa shape index (κ2) is 4.21. The van der Waals surface area contributed by atoms with E-state index in [1.54, 1.807) is 0 Å². The van der Waals surface area contributed by atoms with E-state index in [4.69, 9.17) is 10.9 Å². The van der Waals surface area contributed by atoms with Gasteiger partial charge in [0.25, 0.3) is 0 Å². The Hall–Kier alpha value is -2.58. The molecule has 1 aliphatic heterocycles. The number of nitrogens with zero attached hydrogens (tertiary/aromatic N) is 1. The van der Waals surface area contributed by atoms with Gasteiger partial charge in [-0.1, -0.05) is 5.16 Å². The van der Waals surface area contributed by atoms with Crippen LogP contribution in [0.3, 0.4) is 0 Å². The molecule has 2 aliphatic rings. The Kier molecular flexibility index (Phi) is 2.68. The summed E-state index contributed by atoms with van der Waals surface area (Å²) >= 11 is 0. The molecule has 1 amide bonds. The average molecular weight is 299 g/mol. The van der Waals surface area contributed by atoms with Gasteiger partial charge < -0.3 is 25.7 Å². The number of nitrogens with two attached hydrogens (primary N) is 1. The molecule has 0 atom stereocenters. The molecule has 0 spiro atoms. The van der Waals surface area contributed by atoms with Gasteiger partial charge in [0, 0.05) is 11.8 Å². The third kappa shape index (κ3) is 2.20. The number of anilines is 1. The maximum atomic E-state index is 12.9.